The van der Waals surface area contributed by atoms with Gasteiger partial charge in [0.2, 0.25) is 0 Å². The van der Waals surface area contributed by atoms with Gasteiger partial charge in [-0.3, -0.25) is 0 Å². The molecule has 1 aromatic carbocycles. The highest BCUT2D eigenvalue weighted by molar-refractivity contribution is 7.99. The lowest BCUT2D eigenvalue weighted by atomic mass is 10.0. The Balaban J connectivity index is 2.76. The van der Waals surface area contributed by atoms with E-state index in [9.17, 15) is 0 Å². The summed E-state index contributed by atoms with van der Waals surface area (Å²) in [6.45, 7) is 9.90. The Hall–Kier alpha value is -0.710. The first-order valence-corrected chi connectivity index (χ1v) is 8.95. The Morgan fingerprint density at radius 1 is 1.19 bits per heavy atom. The van der Waals surface area contributed by atoms with Crippen LogP contribution in [0.5, 0.6) is 5.75 Å². The lowest BCUT2D eigenvalue weighted by molar-refractivity contribution is 0.323. The van der Waals surface area contributed by atoms with Crippen molar-refractivity contribution in [3.05, 3.63) is 29.8 Å². The van der Waals surface area contributed by atoms with E-state index < -0.39 is 0 Å². The predicted octanol–water partition coefficient (Wildman–Crippen LogP) is 3.55. The smallest absolute Gasteiger partial charge is 0.123 e. The molecule has 0 saturated heterocycles. The molecule has 2 N–H and O–H groups in total. The van der Waals surface area contributed by atoms with Crippen molar-refractivity contribution in [2.75, 3.05) is 32.5 Å². The quantitative estimate of drug-likeness (QED) is 0.717. The number of nitrogens with two attached hydrogens (primary N) is 1. The fourth-order valence-corrected chi connectivity index (χ4v) is 3.84. The van der Waals surface area contributed by atoms with Crippen molar-refractivity contribution in [2.24, 2.45) is 5.73 Å². The minimum Gasteiger partial charge on any atom is -0.496 e. The van der Waals surface area contributed by atoms with Gasteiger partial charge in [0.25, 0.3) is 0 Å². The standard InChI is InChI=1S/C17H30N2OS/c1-5-15(18)17(21-13-12-19(6-2)7-3)14-10-8-9-11-16(14)20-4/h8-11,15,17H,5-7,12-13,18H2,1-4H3. The normalized spacial score (nSPS) is 14.2. The monoisotopic (exact) mass is 310 g/mol. The molecule has 21 heavy (non-hydrogen) atoms. The van der Waals surface area contributed by atoms with Gasteiger partial charge in [-0.25, -0.2) is 0 Å². The first-order valence-electron chi connectivity index (χ1n) is 7.90. The summed E-state index contributed by atoms with van der Waals surface area (Å²) in [6, 6.07) is 8.40. The van der Waals surface area contributed by atoms with E-state index in [0.717, 1.165) is 37.6 Å². The molecule has 0 aromatic heterocycles. The van der Waals surface area contributed by atoms with Crippen LogP contribution in [0.2, 0.25) is 0 Å². The van der Waals surface area contributed by atoms with Crippen LogP contribution in [0, 0.1) is 0 Å². The number of hydrogen-bond donors (Lipinski definition) is 1. The van der Waals surface area contributed by atoms with Crippen LogP contribution in [-0.4, -0.2) is 43.4 Å². The summed E-state index contributed by atoms with van der Waals surface area (Å²) in [5.74, 6) is 2.04. The molecule has 0 spiro atoms. The summed E-state index contributed by atoms with van der Waals surface area (Å²) in [6.07, 6.45) is 0.973. The SMILES string of the molecule is CCC(N)C(SCCN(CC)CC)c1ccccc1OC. The number of nitrogens with zero attached hydrogens (tertiary/aromatic N) is 1. The second kappa shape index (κ2) is 10.1. The number of rotatable bonds is 10. The Morgan fingerprint density at radius 3 is 2.43 bits per heavy atom. The maximum absolute atomic E-state index is 6.36. The summed E-state index contributed by atoms with van der Waals surface area (Å²) in [5.41, 5.74) is 7.59. The summed E-state index contributed by atoms with van der Waals surface area (Å²) in [4.78, 5) is 2.45. The van der Waals surface area contributed by atoms with E-state index in [1.807, 2.05) is 23.9 Å². The highest BCUT2D eigenvalue weighted by Crippen LogP contribution is 2.37. The summed E-state index contributed by atoms with van der Waals surface area (Å²) in [5, 5.41) is 0.293. The van der Waals surface area contributed by atoms with Crippen LogP contribution < -0.4 is 10.5 Å². The molecule has 0 amide bonds. The highest BCUT2D eigenvalue weighted by Gasteiger charge is 2.22. The van der Waals surface area contributed by atoms with Crippen molar-refractivity contribution in [1.29, 1.82) is 0 Å². The van der Waals surface area contributed by atoms with Crippen molar-refractivity contribution in [3.8, 4) is 5.75 Å². The second-order valence-corrected chi connectivity index (χ2v) is 6.38. The molecule has 1 rings (SSSR count). The van der Waals surface area contributed by atoms with Crippen molar-refractivity contribution < 1.29 is 4.74 Å². The van der Waals surface area contributed by atoms with Gasteiger partial charge < -0.3 is 15.4 Å². The zero-order chi connectivity index (χ0) is 15.7. The van der Waals surface area contributed by atoms with Crippen LogP contribution in [0.3, 0.4) is 0 Å². The van der Waals surface area contributed by atoms with Crippen LogP contribution in [0.1, 0.15) is 38.0 Å². The summed E-state index contributed by atoms with van der Waals surface area (Å²) >= 11 is 1.95. The number of methoxy groups -OCH3 is 1. The molecular weight excluding hydrogens is 280 g/mol. The van der Waals surface area contributed by atoms with E-state index in [2.05, 4.69) is 37.8 Å². The fourth-order valence-electron chi connectivity index (χ4n) is 2.41. The molecule has 4 heteroatoms. The second-order valence-electron chi connectivity index (χ2n) is 5.13. The average molecular weight is 311 g/mol. The van der Waals surface area contributed by atoms with Crippen molar-refractivity contribution >= 4 is 11.8 Å². The molecule has 0 fully saturated rings. The number of hydrogen-bond acceptors (Lipinski definition) is 4. The largest absolute Gasteiger partial charge is 0.496 e. The van der Waals surface area contributed by atoms with Gasteiger partial charge in [-0.15, -0.1) is 0 Å². The number of benzene rings is 1. The van der Waals surface area contributed by atoms with Crippen LogP contribution >= 0.6 is 11.8 Å². The van der Waals surface area contributed by atoms with E-state index >= 15 is 0 Å². The average Bonchev–Trinajstić information content (AvgIpc) is 2.54. The molecule has 1 aromatic rings. The Bertz CT molecular complexity index is 396. The highest BCUT2D eigenvalue weighted by atomic mass is 32.2. The maximum atomic E-state index is 6.36. The third-order valence-corrected chi connectivity index (χ3v) is 5.29. The van der Waals surface area contributed by atoms with Gasteiger partial charge in [0, 0.05) is 29.2 Å². The molecule has 2 unspecified atom stereocenters. The molecule has 0 bridgehead atoms. The Labute approximate surface area is 134 Å². The molecule has 3 nitrogen and oxygen atoms in total. The molecule has 0 saturated carbocycles. The van der Waals surface area contributed by atoms with Gasteiger partial charge in [-0.1, -0.05) is 39.0 Å². The molecule has 0 heterocycles. The van der Waals surface area contributed by atoms with Crippen LogP contribution in [0.25, 0.3) is 0 Å². The maximum Gasteiger partial charge on any atom is 0.123 e. The van der Waals surface area contributed by atoms with E-state index in [4.69, 9.17) is 10.5 Å². The third-order valence-electron chi connectivity index (χ3n) is 3.91. The van der Waals surface area contributed by atoms with Gasteiger partial charge in [0.05, 0.1) is 7.11 Å². The van der Waals surface area contributed by atoms with Crippen molar-refractivity contribution in [3.63, 3.8) is 0 Å². The minimum absolute atomic E-state index is 0.156. The summed E-state index contributed by atoms with van der Waals surface area (Å²) < 4.78 is 5.51. The van der Waals surface area contributed by atoms with E-state index in [-0.39, 0.29) is 6.04 Å². The molecule has 0 aliphatic heterocycles. The Morgan fingerprint density at radius 2 is 1.86 bits per heavy atom. The van der Waals surface area contributed by atoms with Gasteiger partial charge in [0.15, 0.2) is 0 Å². The van der Waals surface area contributed by atoms with Crippen molar-refractivity contribution in [2.45, 2.75) is 38.5 Å². The van der Waals surface area contributed by atoms with Crippen molar-refractivity contribution in [1.82, 2.24) is 4.90 Å². The first-order chi connectivity index (χ1) is 10.2. The molecular formula is C17H30N2OS. The van der Waals surface area contributed by atoms with Gasteiger partial charge in [-0.05, 0) is 25.6 Å². The van der Waals surface area contributed by atoms with Gasteiger partial charge in [0.1, 0.15) is 5.75 Å². The molecule has 120 valence electrons. The van der Waals surface area contributed by atoms with Crippen LogP contribution in [0.4, 0.5) is 0 Å². The molecule has 0 radical (unpaired) electrons. The molecule has 0 aliphatic carbocycles. The summed E-state index contributed by atoms with van der Waals surface area (Å²) in [7, 11) is 1.73. The van der Waals surface area contributed by atoms with Gasteiger partial charge in [-0.2, -0.15) is 11.8 Å². The molecule has 0 aliphatic rings. The number of ether oxygens (including phenoxy) is 1. The van der Waals surface area contributed by atoms with E-state index in [1.165, 1.54) is 5.56 Å². The number of thioether (sulfide) groups is 1. The fraction of sp³-hybridized carbons (Fsp3) is 0.647. The zero-order valence-corrected chi connectivity index (χ0v) is 14.7. The predicted molar refractivity (Wildman–Crippen MR) is 94.2 cm³/mol. The third kappa shape index (κ3) is 5.53. The zero-order valence-electron chi connectivity index (χ0n) is 13.8. The van der Waals surface area contributed by atoms with Crippen LogP contribution in [0.15, 0.2) is 24.3 Å². The first kappa shape index (κ1) is 18.3. The van der Waals surface area contributed by atoms with E-state index in [1.54, 1.807) is 7.11 Å². The van der Waals surface area contributed by atoms with Crippen LogP contribution in [-0.2, 0) is 0 Å². The minimum atomic E-state index is 0.156. The number of para-hydroxylation sites is 1. The topological polar surface area (TPSA) is 38.5 Å². The lowest BCUT2D eigenvalue weighted by Crippen LogP contribution is -2.29. The lowest BCUT2D eigenvalue weighted by Gasteiger charge is -2.26. The molecule has 2 atom stereocenters. The Kier molecular flexibility index (Phi) is 8.81. The van der Waals surface area contributed by atoms with Gasteiger partial charge >= 0.3 is 0 Å². The van der Waals surface area contributed by atoms with E-state index in [0.29, 0.717) is 5.25 Å².